The molecule has 0 spiro atoms. The Balaban J connectivity index is 1.76. The van der Waals surface area contributed by atoms with Crippen molar-refractivity contribution in [2.75, 3.05) is 13.1 Å². The molecule has 3 rings (SSSR count). The summed E-state index contributed by atoms with van der Waals surface area (Å²) in [5.41, 5.74) is 0. The molecule has 2 N–H and O–H groups in total. The van der Waals surface area contributed by atoms with E-state index in [0.29, 0.717) is 6.04 Å². The molecular weight excluding hydrogens is 240 g/mol. The molecule has 1 unspecified atom stereocenters. The Bertz CT molecular complexity index is 482. The Hall–Kier alpha value is -0.910. The summed E-state index contributed by atoms with van der Waals surface area (Å²) in [5, 5.41) is 8.36. The number of hydrogen-bond donors (Lipinski definition) is 2. The number of thiophene rings is 2. The lowest BCUT2D eigenvalue weighted by atomic mass is 10.2. The Morgan fingerprint density at radius 1 is 1.50 bits per heavy atom. The SMILES string of the molecule is O=C(NC1CCNC1)c1cc2sccc2s1. The van der Waals surface area contributed by atoms with Gasteiger partial charge in [0.1, 0.15) is 0 Å². The highest BCUT2D eigenvalue weighted by Crippen LogP contribution is 2.29. The maximum atomic E-state index is 11.9. The molecule has 0 radical (unpaired) electrons. The van der Waals surface area contributed by atoms with Gasteiger partial charge in [0.25, 0.3) is 5.91 Å². The van der Waals surface area contributed by atoms with E-state index >= 15 is 0 Å². The molecule has 3 heterocycles. The van der Waals surface area contributed by atoms with Crippen molar-refractivity contribution in [1.29, 1.82) is 0 Å². The number of carbonyl (C=O) groups excluding carboxylic acids is 1. The average Bonchev–Trinajstić information content (AvgIpc) is 2.91. The highest BCUT2D eigenvalue weighted by molar-refractivity contribution is 7.27. The zero-order valence-electron chi connectivity index (χ0n) is 8.66. The minimum Gasteiger partial charge on any atom is -0.347 e. The second kappa shape index (κ2) is 4.16. The van der Waals surface area contributed by atoms with E-state index in [1.54, 1.807) is 22.7 Å². The van der Waals surface area contributed by atoms with Crippen molar-refractivity contribution >= 4 is 38.0 Å². The van der Waals surface area contributed by atoms with Gasteiger partial charge in [0.15, 0.2) is 0 Å². The molecule has 2 aromatic rings. The lowest BCUT2D eigenvalue weighted by Crippen LogP contribution is -2.35. The highest BCUT2D eigenvalue weighted by Gasteiger charge is 2.18. The van der Waals surface area contributed by atoms with E-state index in [1.165, 1.54) is 9.40 Å². The van der Waals surface area contributed by atoms with Gasteiger partial charge in [-0.2, -0.15) is 0 Å². The van der Waals surface area contributed by atoms with Crippen LogP contribution in [0.2, 0.25) is 0 Å². The van der Waals surface area contributed by atoms with Crippen molar-refractivity contribution in [3.8, 4) is 0 Å². The summed E-state index contributed by atoms with van der Waals surface area (Å²) in [6.45, 7) is 1.90. The van der Waals surface area contributed by atoms with Gasteiger partial charge in [0, 0.05) is 22.0 Å². The van der Waals surface area contributed by atoms with Gasteiger partial charge in [-0.1, -0.05) is 0 Å². The molecule has 1 saturated heterocycles. The van der Waals surface area contributed by atoms with Crippen LogP contribution in [0.1, 0.15) is 16.1 Å². The quantitative estimate of drug-likeness (QED) is 0.859. The zero-order valence-corrected chi connectivity index (χ0v) is 10.3. The van der Waals surface area contributed by atoms with E-state index in [9.17, 15) is 4.79 Å². The molecule has 1 aliphatic heterocycles. The third kappa shape index (κ3) is 1.86. The van der Waals surface area contributed by atoms with E-state index in [1.807, 2.05) is 6.07 Å². The van der Waals surface area contributed by atoms with Crippen LogP contribution in [0.15, 0.2) is 17.5 Å². The van der Waals surface area contributed by atoms with E-state index in [2.05, 4.69) is 22.1 Å². The van der Waals surface area contributed by atoms with E-state index in [0.717, 1.165) is 24.4 Å². The van der Waals surface area contributed by atoms with Gasteiger partial charge >= 0.3 is 0 Å². The lowest BCUT2D eigenvalue weighted by molar-refractivity contribution is 0.0944. The van der Waals surface area contributed by atoms with Crippen molar-refractivity contribution in [3.63, 3.8) is 0 Å². The minimum atomic E-state index is 0.0714. The Morgan fingerprint density at radius 2 is 2.44 bits per heavy atom. The molecule has 1 aliphatic rings. The maximum absolute atomic E-state index is 11.9. The first-order valence-electron chi connectivity index (χ1n) is 5.31. The predicted molar refractivity (Wildman–Crippen MR) is 68.4 cm³/mol. The van der Waals surface area contributed by atoms with Gasteiger partial charge in [0.05, 0.1) is 4.88 Å². The van der Waals surface area contributed by atoms with Crippen LogP contribution in [0.25, 0.3) is 9.40 Å². The average molecular weight is 252 g/mol. The summed E-state index contributed by atoms with van der Waals surface area (Å²) in [4.78, 5) is 12.8. The summed E-state index contributed by atoms with van der Waals surface area (Å²) in [7, 11) is 0. The van der Waals surface area contributed by atoms with Crippen LogP contribution in [-0.2, 0) is 0 Å². The number of amides is 1. The molecule has 0 saturated carbocycles. The van der Waals surface area contributed by atoms with Gasteiger partial charge in [-0.25, -0.2) is 0 Å². The van der Waals surface area contributed by atoms with Gasteiger partial charge in [-0.3, -0.25) is 4.79 Å². The molecular formula is C11H12N2OS2. The van der Waals surface area contributed by atoms with Gasteiger partial charge in [-0.15, -0.1) is 22.7 Å². The molecule has 2 aromatic heterocycles. The van der Waals surface area contributed by atoms with Crippen molar-refractivity contribution in [3.05, 3.63) is 22.4 Å². The van der Waals surface area contributed by atoms with Crippen molar-refractivity contribution in [2.24, 2.45) is 0 Å². The summed E-state index contributed by atoms with van der Waals surface area (Å²) >= 11 is 3.26. The fraction of sp³-hybridized carbons (Fsp3) is 0.364. The van der Waals surface area contributed by atoms with Crippen LogP contribution in [0.5, 0.6) is 0 Å². The second-order valence-corrected chi connectivity index (χ2v) is 5.95. The van der Waals surface area contributed by atoms with Crippen LogP contribution in [0.3, 0.4) is 0 Å². The van der Waals surface area contributed by atoms with Crippen molar-refractivity contribution in [2.45, 2.75) is 12.5 Å². The molecule has 0 aliphatic carbocycles. The third-order valence-corrected chi connectivity index (χ3v) is 4.85. The fourth-order valence-corrected chi connectivity index (χ4v) is 3.92. The van der Waals surface area contributed by atoms with Crippen molar-refractivity contribution in [1.82, 2.24) is 10.6 Å². The fourth-order valence-electron chi connectivity index (χ4n) is 1.91. The summed E-state index contributed by atoms with van der Waals surface area (Å²) < 4.78 is 2.42. The molecule has 1 fully saturated rings. The first kappa shape index (κ1) is 10.3. The highest BCUT2D eigenvalue weighted by atomic mass is 32.1. The van der Waals surface area contributed by atoms with Crippen LogP contribution in [0, 0.1) is 0 Å². The summed E-state index contributed by atoms with van der Waals surface area (Å²) in [5.74, 6) is 0.0714. The molecule has 1 amide bonds. The molecule has 3 nitrogen and oxygen atoms in total. The Labute approximate surface area is 101 Å². The molecule has 84 valence electrons. The number of rotatable bonds is 2. The number of fused-ring (bicyclic) bond motifs is 1. The smallest absolute Gasteiger partial charge is 0.261 e. The zero-order chi connectivity index (χ0) is 11.0. The van der Waals surface area contributed by atoms with Gasteiger partial charge in [0.2, 0.25) is 0 Å². The van der Waals surface area contributed by atoms with Gasteiger partial charge in [-0.05, 0) is 30.5 Å². The van der Waals surface area contributed by atoms with Crippen molar-refractivity contribution < 1.29 is 4.79 Å². The largest absolute Gasteiger partial charge is 0.347 e. The Kier molecular flexibility index (Phi) is 2.67. The van der Waals surface area contributed by atoms with Crippen LogP contribution in [0.4, 0.5) is 0 Å². The van der Waals surface area contributed by atoms with Crippen LogP contribution in [-0.4, -0.2) is 25.0 Å². The molecule has 0 bridgehead atoms. The monoisotopic (exact) mass is 252 g/mol. The topological polar surface area (TPSA) is 41.1 Å². The summed E-state index contributed by atoms with van der Waals surface area (Å²) in [6.07, 6.45) is 1.03. The predicted octanol–water partition coefficient (Wildman–Crippen LogP) is 2.05. The standard InChI is InChI=1S/C11H12N2OS2/c14-11(13-7-1-3-12-6-7)10-5-9-8(16-10)2-4-15-9/h2,4-5,7,12H,1,3,6H2,(H,13,14). The number of hydrogen-bond acceptors (Lipinski definition) is 4. The second-order valence-electron chi connectivity index (χ2n) is 3.92. The number of nitrogens with one attached hydrogen (secondary N) is 2. The minimum absolute atomic E-state index is 0.0714. The van der Waals surface area contributed by atoms with Crippen LogP contribution < -0.4 is 10.6 Å². The molecule has 1 atom stereocenters. The molecule has 5 heteroatoms. The third-order valence-electron chi connectivity index (χ3n) is 2.76. The Morgan fingerprint density at radius 3 is 3.19 bits per heavy atom. The first-order chi connectivity index (χ1) is 7.83. The maximum Gasteiger partial charge on any atom is 0.261 e. The van der Waals surface area contributed by atoms with E-state index in [-0.39, 0.29) is 5.91 Å². The normalized spacial score (nSPS) is 20.4. The first-order valence-corrected chi connectivity index (χ1v) is 7.01. The molecule has 16 heavy (non-hydrogen) atoms. The van der Waals surface area contributed by atoms with E-state index < -0.39 is 0 Å². The summed E-state index contributed by atoms with van der Waals surface area (Å²) in [6, 6.07) is 4.36. The molecule has 0 aromatic carbocycles. The van der Waals surface area contributed by atoms with Crippen LogP contribution >= 0.6 is 22.7 Å². The lowest BCUT2D eigenvalue weighted by Gasteiger charge is -2.09. The number of carbonyl (C=O) groups is 1. The van der Waals surface area contributed by atoms with E-state index in [4.69, 9.17) is 0 Å². The van der Waals surface area contributed by atoms with Gasteiger partial charge < -0.3 is 10.6 Å².